The average Bonchev–Trinajstić information content (AvgIpc) is 2.84. The van der Waals surface area contributed by atoms with Gasteiger partial charge in [-0.15, -0.1) is 0 Å². The highest BCUT2D eigenvalue weighted by atomic mass is 30.2. The topological polar surface area (TPSA) is 92.3 Å². The molecule has 0 bridgehead atoms. The van der Waals surface area contributed by atoms with E-state index in [9.17, 15) is 0 Å². The van der Waals surface area contributed by atoms with Crippen LogP contribution in [0.3, 0.4) is 0 Å². The molecular formula is C10H30O10Si5. The van der Waals surface area contributed by atoms with Crippen molar-refractivity contribution in [1.82, 2.24) is 0 Å². The summed E-state index contributed by atoms with van der Waals surface area (Å²) in [5, 5.41) is 0. The van der Waals surface area contributed by atoms with E-state index in [1.807, 2.05) is 0 Å². The second-order valence-corrected chi connectivity index (χ2v) is 42.6. The maximum Gasteiger partial charge on any atom is 0.432 e. The summed E-state index contributed by atoms with van der Waals surface area (Å²) in [6, 6.07) is 0. The third-order valence-corrected chi connectivity index (χ3v) is 81.2. The predicted octanol–water partition coefficient (Wildman–Crippen LogP) is -0.933. The van der Waals surface area contributed by atoms with Crippen molar-refractivity contribution >= 4 is 38.0 Å². The molecule has 150 valence electrons. The fourth-order valence-electron chi connectivity index (χ4n) is 4.19. The number of hydrogen-bond donors (Lipinski definition) is 0. The molecule has 0 amide bonds. The number of hydrogen-bond acceptors (Lipinski definition) is 10. The molecule has 0 radical (unpaired) electrons. The maximum absolute atomic E-state index is 6.05. The van der Waals surface area contributed by atoms with Gasteiger partial charge in [0.2, 0.25) is 0 Å². The molecule has 1 heterocycles. The van der Waals surface area contributed by atoms with E-state index in [0.717, 1.165) is 0 Å². The minimum absolute atomic E-state index is 1.54. The molecule has 0 spiro atoms. The minimum atomic E-state index is -3.48. The van der Waals surface area contributed by atoms with Crippen molar-refractivity contribution in [2.45, 2.75) is 0 Å². The average molecular weight is 451 g/mol. The zero-order valence-electron chi connectivity index (χ0n) is 16.6. The highest BCUT2D eigenvalue weighted by molar-refractivity contribution is 8.05. The van der Waals surface area contributed by atoms with Gasteiger partial charge >= 0.3 is 38.0 Å². The van der Waals surface area contributed by atoms with Crippen LogP contribution in [-0.4, -0.2) is 109 Å². The molecule has 0 aliphatic carbocycles. The van der Waals surface area contributed by atoms with Crippen LogP contribution in [0.1, 0.15) is 0 Å². The largest absolute Gasteiger partial charge is 0.432 e. The van der Waals surface area contributed by atoms with Crippen molar-refractivity contribution in [3.8, 4) is 0 Å². The van der Waals surface area contributed by atoms with E-state index in [2.05, 4.69) is 0 Å². The van der Waals surface area contributed by atoms with Crippen LogP contribution in [0.5, 0.6) is 0 Å². The van der Waals surface area contributed by atoms with E-state index < -0.39 is 38.0 Å². The van der Waals surface area contributed by atoms with Gasteiger partial charge in [-0.25, -0.2) is 0 Å². The summed E-state index contributed by atoms with van der Waals surface area (Å²) in [5.74, 6) is 0. The maximum atomic E-state index is 6.05. The van der Waals surface area contributed by atoms with Crippen LogP contribution < -0.4 is 0 Å². The second-order valence-electron chi connectivity index (χ2n) is 5.12. The van der Waals surface area contributed by atoms with Crippen molar-refractivity contribution in [2.75, 3.05) is 71.1 Å². The smallest absolute Gasteiger partial charge is 0.396 e. The molecule has 0 N–H and O–H groups in total. The van der Waals surface area contributed by atoms with E-state index in [-0.39, 0.29) is 0 Å². The van der Waals surface area contributed by atoms with Crippen molar-refractivity contribution < 1.29 is 44.3 Å². The molecule has 0 aromatic heterocycles. The Labute approximate surface area is 153 Å². The Morgan fingerprint density at radius 1 is 0.240 bits per heavy atom. The molecule has 0 atom stereocenters. The summed E-state index contributed by atoms with van der Waals surface area (Å²) < 4.78 is 60.5. The lowest BCUT2D eigenvalue weighted by Gasteiger charge is -2.42. The van der Waals surface area contributed by atoms with Crippen LogP contribution in [0.4, 0.5) is 0 Å². The van der Waals surface area contributed by atoms with Crippen molar-refractivity contribution in [3.63, 3.8) is 0 Å². The molecule has 15 heteroatoms. The van der Waals surface area contributed by atoms with E-state index in [4.69, 9.17) is 44.3 Å². The Balaban J connectivity index is 4.20. The van der Waals surface area contributed by atoms with Gasteiger partial charge in [0.15, 0.2) is 0 Å². The molecule has 1 fully saturated rings. The Morgan fingerprint density at radius 2 is 0.320 bits per heavy atom. The molecule has 10 nitrogen and oxygen atoms in total. The SMILES string of the molecule is CO[Si]1(OC)[Si](OC)(OC)[Si](OC)(OC)[Si](OC)(OC)[Si]1(OC)OC. The zero-order chi connectivity index (χ0) is 19.6. The molecule has 1 rings (SSSR count). The molecule has 1 aliphatic rings. The van der Waals surface area contributed by atoms with Crippen molar-refractivity contribution in [1.29, 1.82) is 0 Å². The van der Waals surface area contributed by atoms with Crippen LogP contribution in [0.25, 0.3) is 0 Å². The fraction of sp³-hybridized carbons (Fsp3) is 1.00. The lowest BCUT2D eigenvalue weighted by molar-refractivity contribution is 0.189. The van der Waals surface area contributed by atoms with E-state index in [1.165, 1.54) is 71.1 Å². The molecule has 1 aliphatic heterocycles. The first-order chi connectivity index (χ1) is 11.9. The van der Waals surface area contributed by atoms with E-state index in [1.54, 1.807) is 0 Å². The first kappa shape index (κ1) is 23.7. The van der Waals surface area contributed by atoms with Crippen molar-refractivity contribution in [2.24, 2.45) is 0 Å². The first-order valence-corrected chi connectivity index (χ1v) is 21.5. The molecule has 0 aromatic carbocycles. The summed E-state index contributed by atoms with van der Waals surface area (Å²) in [6.07, 6.45) is 0. The van der Waals surface area contributed by atoms with Gasteiger partial charge in [0.1, 0.15) is 0 Å². The third-order valence-electron chi connectivity index (χ3n) is 5.04. The summed E-state index contributed by atoms with van der Waals surface area (Å²) in [6.45, 7) is 0. The highest BCUT2D eigenvalue weighted by Crippen LogP contribution is 2.53. The molecule has 0 aromatic rings. The zero-order valence-corrected chi connectivity index (χ0v) is 21.6. The van der Waals surface area contributed by atoms with Gasteiger partial charge in [-0.1, -0.05) is 0 Å². The second kappa shape index (κ2) is 8.37. The summed E-state index contributed by atoms with van der Waals surface area (Å²) in [4.78, 5) is 0. The van der Waals surface area contributed by atoms with Crippen LogP contribution in [-0.2, 0) is 44.3 Å². The molecule has 0 unspecified atom stereocenters. The van der Waals surface area contributed by atoms with Crippen LogP contribution in [0.15, 0.2) is 0 Å². The number of rotatable bonds is 10. The third kappa shape index (κ3) is 2.22. The molecular weight excluding hydrogens is 421 g/mol. The fourth-order valence-corrected chi connectivity index (χ4v) is 134. The Morgan fingerprint density at radius 3 is 0.360 bits per heavy atom. The van der Waals surface area contributed by atoms with Crippen LogP contribution in [0.2, 0.25) is 0 Å². The lowest BCUT2D eigenvalue weighted by atomic mass is 11.8. The van der Waals surface area contributed by atoms with E-state index >= 15 is 0 Å². The summed E-state index contributed by atoms with van der Waals surface area (Å²) in [7, 11) is -2.04. The van der Waals surface area contributed by atoms with Gasteiger partial charge in [-0.05, 0) is 0 Å². The van der Waals surface area contributed by atoms with Gasteiger partial charge < -0.3 is 44.3 Å². The van der Waals surface area contributed by atoms with Gasteiger partial charge in [0, 0.05) is 71.1 Å². The monoisotopic (exact) mass is 450 g/mol. The van der Waals surface area contributed by atoms with Crippen LogP contribution >= 0.6 is 0 Å². The molecule has 25 heavy (non-hydrogen) atoms. The molecule has 0 saturated carbocycles. The Hall–Kier alpha value is 0.684. The van der Waals surface area contributed by atoms with Gasteiger partial charge in [-0.2, -0.15) is 0 Å². The van der Waals surface area contributed by atoms with E-state index in [0.29, 0.717) is 0 Å². The lowest BCUT2D eigenvalue weighted by Crippen LogP contribution is -2.83. The first-order valence-electron chi connectivity index (χ1n) is 7.37. The normalized spacial score (nSPS) is 25.2. The summed E-state index contributed by atoms with van der Waals surface area (Å²) >= 11 is 0. The van der Waals surface area contributed by atoms with Gasteiger partial charge in [0.05, 0.1) is 0 Å². The van der Waals surface area contributed by atoms with Crippen LogP contribution in [0, 0.1) is 0 Å². The summed E-state index contributed by atoms with van der Waals surface area (Å²) in [5.41, 5.74) is 0. The van der Waals surface area contributed by atoms with Gasteiger partial charge in [0.25, 0.3) is 0 Å². The minimum Gasteiger partial charge on any atom is -0.396 e. The van der Waals surface area contributed by atoms with Gasteiger partial charge in [-0.3, -0.25) is 0 Å². The predicted molar refractivity (Wildman–Crippen MR) is 98.9 cm³/mol. The van der Waals surface area contributed by atoms with Crippen molar-refractivity contribution in [3.05, 3.63) is 0 Å². The standard InChI is InChI=1S/C10H30O10Si5/c1-11-21(12-2)22(13-3,14-4)24(17-7,18-8)25(19-9,20-10)23(21,15-5)16-6/h1-10H3. The Kier molecular flexibility index (Phi) is 7.94. The Bertz CT molecular complexity index is 321. The quantitative estimate of drug-likeness (QED) is 0.389. The molecule has 1 saturated heterocycles. The highest BCUT2D eigenvalue weighted by Gasteiger charge is 3.08.